The molecule has 0 spiro atoms. The van der Waals surface area contributed by atoms with E-state index in [9.17, 15) is 4.79 Å². The summed E-state index contributed by atoms with van der Waals surface area (Å²) in [5.41, 5.74) is 0. The molecule has 1 fully saturated rings. The minimum atomic E-state index is 0.306. The Morgan fingerprint density at radius 2 is 2.35 bits per heavy atom. The fourth-order valence-electron chi connectivity index (χ4n) is 3.28. The SMILES string of the molecule is O=C(CCCn1cncn1)N1CCCCC1CCc1cccs1. The van der Waals surface area contributed by atoms with Crippen molar-refractivity contribution < 1.29 is 4.79 Å². The molecule has 0 bridgehead atoms. The van der Waals surface area contributed by atoms with Gasteiger partial charge in [-0.15, -0.1) is 11.3 Å². The van der Waals surface area contributed by atoms with Crippen LogP contribution >= 0.6 is 11.3 Å². The molecule has 5 nitrogen and oxygen atoms in total. The first kappa shape index (κ1) is 16.2. The predicted molar refractivity (Wildman–Crippen MR) is 91.2 cm³/mol. The second-order valence-corrected chi connectivity index (χ2v) is 7.15. The molecule has 1 amide bonds. The van der Waals surface area contributed by atoms with Crippen LogP contribution in [0.2, 0.25) is 0 Å². The molecule has 23 heavy (non-hydrogen) atoms. The van der Waals surface area contributed by atoms with Crippen LogP contribution in [0.25, 0.3) is 0 Å². The molecule has 1 aliphatic heterocycles. The van der Waals surface area contributed by atoms with Gasteiger partial charge in [-0.25, -0.2) is 4.98 Å². The van der Waals surface area contributed by atoms with Crippen LogP contribution in [-0.4, -0.2) is 38.2 Å². The average molecular weight is 332 g/mol. The highest BCUT2D eigenvalue weighted by Crippen LogP contribution is 2.23. The highest BCUT2D eigenvalue weighted by atomic mass is 32.1. The second kappa shape index (κ2) is 8.24. The van der Waals surface area contributed by atoms with E-state index >= 15 is 0 Å². The molecular formula is C17H24N4OS. The topological polar surface area (TPSA) is 51.0 Å². The summed E-state index contributed by atoms with van der Waals surface area (Å²) in [6.07, 6.45) is 10.4. The number of thiophene rings is 1. The number of carbonyl (C=O) groups is 1. The van der Waals surface area contributed by atoms with E-state index in [0.29, 0.717) is 18.4 Å². The lowest BCUT2D eigenvalue weighted by molar-refractivity contribution is -0.135. The molecule has 1 aliphatic rings. The van der Waals surface area contributed by atoms with Crippen molar-refractivity contribution >= 4 is 17.2 Å². The van der Waals surface area contributed by atoms with Gasteiger partial charge in [0.25, 0.3) is 0 Å². The number of hydrogen-bond donors (Lipinski definition) is 0. The van der Waals surface area contributed by atoms with E-state index < -0.39 is 0 Å². The Labute approximate surface area is 141 Å². The zero-order valence-electron chi connectivity index (χ0n) is 13.4. The first-order chi connectivity index (χ1) is 11.3. The van der Waals surface area contributed by atoms with E-state index in [0.717, 1.165) is 45.2 Å². The Balaban J connectivity index is 1.47. The molecule has 1 atom stereocenters. The molecule has 124 valence electrons. The van der Waals surface area contributed by atoms with E-state index in [2.05, 4.69) is 32.5 Å². The quantitative estimate of drug-likeness (QED) is 0.783. The van der Waals surface area contributed by atoms with Gasteiger partial charge in [0.2, 0.25) is 5.91 Å². The van der Waals surface area contributed by atoms with E-state index in [1.165, 1.54) is 17.6 Å². The maximum atomic E-state index is 12.6. The van der Waals surface area contributed by atoms with Gasteiger partial charge < -0.3 is 4.90 Å². The van der Waals surface area contributed by atoms with Gasteiger partial charge in [-0.3, -0.25) is 9.48 Å². The van der Waals surface area contributed by atoms with E-state index in [4.69, 9.17) is 0 Å². The number of carbonyl (C=O) groups excluding carboxylic acids is 1. The number of amides is 1. The highest BCUT2D eigenvalue weighted by molar-refractivity contribution is 7.09. The maximum absolute atomic E-state index is 12.6. The number of aromatic nitrogens is 3. The minimum absolute atomic E-state index is 0.306. The summed E-state index contributed by atoms with van der Waals surface area (Å²) >= 11 is 1.81. The molecule has 2 aromatic heterocycles. The number of rotatable bonds is 7. The first-order valence-electron chi connectivity index (χ1n) is 8.47. The van der Waals surface area contributed by atoms with Crippen molar-refractivity contribution in [3.8, 4) is 0 Å². The van der Waals surface area contributed by atoms with Crippen LogP contribution in [0, 0.1) is 0 Å². The van der Waals surface area contributed by atoms with E-state index in [1.54, 1.807) is 11.0 Å². The third kappa shape index (κ3) is 4.64. The van der Waals surface area contributed by atoms with Crippen molar-refractivity contribution in [2.45, 2.75) is 57.5 Å². The molecule has 1 saturated heterocycles. The van der Waals surface area contributed by atoms with Gasteiger partial charge >= 0.3 is 0 Å². The van der Waals surface area contributed by atoms with Crippen LogP contribution in [-0.2, 0) is 17.8 Å². The molecule has 0 radical (unpaired) electrons. The molecule has 3 heterocycles. The Morgan fingerprint density at radius 3 is 3.13 bits per heavy atom. The number of nitrogens with zero attached hydrogens (tertiary/aromatic N) is 4. The number of piperidine rings is 1. The van der Waals surface area contributed by atoms with Gasteiger partial charge in [0.05, 0.1) is 0 Å². The summed E-state index contributed by atoms with van der Waals surface area (Å²) < 4.78 is 1.79. The molecule has 6 heteroatoms. The van der Waals surface area contributed by atoms with Gasteiger partial charge in [-0.2, -0.15) is 5.10 Å². The normalized spacial score (nSPS) is 18.3. The predicted octanol–water partition coefficient (Wildman–Crippen LogP) is 3.13. The van der Waals surface area contributed by atoms with Crippen LogP contribution in [0.3, 0.4) is 0 Å². The molecule has 0 aromatic carbocycles. The average Bonchev–Trinajstić information content (AvgIpc) is 3.27. The third-order valence-corrected chi connectivity index (χ3v) is 5.43. The van der Waals surface area contributed by atoms with Crippen molar-refractivity contribution in [1.82, 2.24) is 19.7 Å². The molecule has 0 N–H and O–H groups in total. The summed E-state index contributed by atoms with van der Waals surface area (Å²) in [5, 5.41) is 6.21. The maximum Gasteiger partial charge on any atom is 0.222 e. The second-order valence-electron chi connectivity index (χ2n) is 6.12. The summed E-state index contributed by atoms with van der Waals surface area (Å²) in [4.78, 5) is 20.1. The molecule has 1 unspecified atom stereocenters. The van der Waals surface area contributed by atoms with E-state index in [-0.39, 0.29) is 0 Å². The summed E-state index contributed by atoms with van der Waals surface area (Å²) in [5.74, 6) is 0.306. The Bertz CT molecular complexity index is 582. The van der Waals surface area contributed by atoms with Gasteiger partial charge in [0.15, 0.2) is 0 Å². The van der Waals surface area contributed by atoms with Gasteiger partial charge in [0.1, 0.15) is 12.7 Å². The van der Waals surface area contributed by atoms with Crippen molar-refractivity contribution in [3.63, 3.8) is 0 Å². The Kier molecular flexibility index (Phi) is 5.80. The fourth-order valence-corrected chi connectivity index (χ4v) is 4.00. The Hall–Kier alpha value is -1.69. The molecule has 0 saturated carbocycles. The molecular weight excluding hydrogens is 308 g/mol. The molecule has 0 aliphatic carbocycles. The lowest BCUT2D eigenvalue weighted by atomic mass is 9.97. The largest absolute Gasteiger partial charge is 0.340 e. The first-order valence-corrected chi connectivity index (χ1v) is 9.35. The monoisotopic (exact) mass is 332 g/mol. The Morgan fingerprint density at radius 1 is 1.39 bits per heavy atom. The summed E-state index contributed by atoms with van der Waals surface area (Å²) in [7, 11) is 0. The molecule has 2 aromatic rings. The number of aryl methyl sites for hydroxylation is 2. The van der Waals surface area contributed by atoms with Gasteiger partial charge in [0, 0.05) is 30.4 Å². The molecule has 3 rings (SSSR count). The van der Waals surface area contributed by atoms with Gasteiger partial charge in [-0.1, -0.05) is 6.07 Å². The summed E-state index contributed by atoms with van der Waals surface area (Å²) in [6.45, 7) is 1.69. The smallest absolute Gasteiger partial charge is 0.222 e. The van der Waals surface area contributed by atoms with Crippen molar-refractivity contribution in [3.05, 3.63) is 35.0 Å². The number of hydrogen-bond acceptors (Lipinski definition) is 4. The van der Waals surface area contributed by atoms with Crippen LogP contribution < -0.4 is 0 Å². The summed E-state index contributed by atoms with van der Waals surface area (Å²) in [6, 6.07) is 4.72. The lowest BCUT2D eigenvalue weighted by Crippen LogP contribution is -2.43. The lowest BCUT2D eigenvalue weighted by Gasteiger charge is -2.36. The van der Waals surface area contributed by atoms with Crippen molar-refractivity contribution in [2.24, 2.45) is 0 Å². The van der Waals surface area contributed by atoms with Crippen LogP contribution in [0.4, 0.5) is 0 Å². The highest BCUT2D eigenvalue weighted by Gasteiger charge is 2.25. The fraction of sp³-hybridized carbons (Fsp3) is 0.588. The zero-order chi connectivity index (χ0) is 15.9. The van der Waals surface area contributed by atoms with Crippen LogP contribution in [0.15, 0.2) is 30.2 Å². The van der Waals surface area contributed by atoms with Crippen LogP contribution in [0.5, 0.6) is 0 Å². The van der Waals surface area contributed by atoms with Crippen LogP contribution in [0.1, 0.15) is 43.4 Å². The third-order valence-electron chi connectivity index (χ3n) is 4.50. The standard InChI is InChI=1S/C17H24N4OS/c22-17(7-3-10-20-14-18-13-19-20)21-11-2-1-5-15(21)8-9-16-6-4-12-23-16/h4,6,12-15H,1-3,5,7-11H2. The van der Waals surface area contributed by atoms with E-state index in [1.807, 2.05) is 11.3 Å². The zero-order valence-corrected chi connectivity index (χ0v) is 14.2. The minimum Gasteiger partial charge on any atom is -0.340 e. The van der Waals surface area contributed by atoms with Crippen molar-refractivity contribution in [1.29, 1.82) is 0 Å². The number of likely N-dealkylation sites (tertiary alicyclic amines) is 1. The van der Waals surface area contributed by atoms with Gasteiger partial charge in [-0.05, 0) is 50.0 Å². The van der Waals surface area contributed by atoms with Crippen molar-refractivity contribution in [2.75, 3.05) is 6.54 Å².